The maximum Gasteiger partial charge on any atom is 0.155 e. The second-order valence-electron chi connectivity index (χ2n) is 9.25. The summed E-state index contributed by atoms with van der Waals surface area (Å²) in [4.78, 5) is 11.8. The second-order valence-corrected chi connectivity index (χ2v) is 9.25. The van der Waals surface area contributed by atoms with Crippen molar-refractivity contribution in [1.29, 1.82) is 0 Å². The number of rotatable bonds is 1. The zero-order chi connectivity index (χ0) is 15.5. The molecule has 3 fully saturated rings. The van der Waals surface area contributed by atoms with E-state index in [1.807, 2.05) is 6.08 Å². The van der Waals surface area contributed by atoms with Crippen molar-refractivity contribution < 1.29 is 4.79 Å². The summed E-state index contributed by atoms with van der Waals surface area (Å²) in [6.45, 7) is 7.49. The van der Waals surface area contributed by atoms with E-state index >= 15 is 0 Å². The van der Waals surface area contributed by atoms with Crippen LogP contribution >= 0.6 is 0 Å². The third-order valence-electron chi connectivity index (χ3n) is 8.73. The van der Waals surface area contributed by atoms with Gasteiger partial charge in [-0.2, -0.15) is 0 Å². The summed E-state index contributed by atoms with van der Waals surface area (Å²) in [6, 6.07) is 0. The number of carbonyl (C=O) groups is 1. The third-order valence-corrected chi connectivity index (χ3v) is 8.73. The van der Waals surface area contributed by atoms with Crippen LogP contribution in [0.1, 0.15) is 72.1 Å². The van der Waals surface area contributed by atoms with Crippen molar-refractivity contribution >= 4 is 5.78 Å². The maximum atomic E-state index is 11.8. The summed E-state index contributed by atoms with van der Waals surface area (Å²) in [7, 11) is 0. The Bertz CT molecular complexity index is 506. The van der Waals surface area contributed by atoms with E-state index < -0.39 is 0 Å². The molecule has 0 saturated heterocycles. The summed E-state index contributed by atoms with van der Waals surface area (Å²) in [5.74, 6) is 4.68. The first-order valence-electron chi connectivity index (χ1n) is 9.71. The van der Waals surface area contributed by atoms with Crippen LogP contribution in [0.5, 0.6) is 0 Å². The number of hydrogen-bond donors (Lipinski definition) is 0. The van der Waals surface area contributed by atoms with E-state index in [4.69, 9.17) is 0 Å². The molecule has 0 aromatic rings. The van der Waals surface area contributed by atoms with Gasteiger partial charge in [-0.05, 0) is 85.0 Å². The van der Waals surface area contributed by atoms with Gasteiger partial charge in [0, 0.05) is 6.42 Å². The van der Waals surface area contributed by atoms with Crippen LogP contribution < -0.4 is 0 Å². The van der Waals surface area contributed by atoms with E-state index in [9.17, 15) is 4.79 Å². The SMILES string of the molecule is CC[C@H]1CC[C@H]2[C@@H]3CC[C@H]4CC(=O)C=C[C@]4(C)[C@H]3CC[C@]12C. The molecule has 0 amide bonds. The molecule has 0 N–H and O–H groups in total. The first-order valence-corrected chi connectivity index (χ1v) is 9.71. The van der Waals surface area contributed by atoms with Gasteiger partial charge in [-0.1, -0.05) is 33.3 Å². The van der Waals surface area contributed by atoms with Gasteiger partial charge in [-0.25, -0.2) is 0 Å². The smallest absolute Gasteiger partial charge is 0.155 e. The van der Waals surface area contributed by atoms with Gasteiger partial charge in [0.15, 0.2) is 5.78 Å². The Labute approximate surface area is 135 Å². The molecule has 22 heavy (non-hydrogen) atoms. The van der Waals surface area contributed by atoms with E-state index in [2.05, 4.69) is 26.8 Å². The summed E-state index contributed by atoms with van der Waals surface area (Å²) < 4.78 is 0. The van der Waals surface area contributed by atoms with Crippen molar-refractivity contribution in [3.8, 4) is 0 Å². The predicted octanol–water partition coefficient (Wildman–Crippen LogP) is 5.40. The van der Waals surface area contributed by atoms with E-state index in [0.717, 1.165) is 30.1 Å². The second kappa shape index (κ2) is 4.95. The number of allylic oxidation sites excluding steroid dienone is 2. The molecule has 7 atom stereocenters. The molecule has 122 valence electrons. The lowest BCUT2D eigenvalue weighted by molar-refractivity contribution is -0.122. The van der Waals surface area contributed by atoms with Crippen LogP contribution in [0.3, 0.4) is 0 Å². The normalized spacial score (nSPS) is 53.8. The van der Waals surface area contributed by atoms with Crippen molar-refractivity contribution in [2.75, 3.05) is 0 Å². The summed E-state index contributed by atoms with van der Waals surface area (Å²) >= 11 is 0. The Morgan fingerprint density at radius 3 is 2.68 bits per heavy atom. The molecular formula is C21H32O. The number of carbonyl (C=O) groups excluding carboxylic acids is 1. The molecule has 0 radical (unpaired) electrons. The number of fused-ring (bicyclic) bond motifs is 5. The highest BCUT2D eigenvalue weighted by molar-refractivity contribution is 5.91. The van der Waals surface area contributed by atoms with E-state index in [1.54, 1.807) is 0 Å². The fourth-order valence-corrected chi connectivity index (χ4v) is 7.41. The third kappa shape index (κ3) is 1.86. The first-order chi connectivity index (χ1) is 10.5. The summed E-state index contributed by atoms with van der Waals surface area (Å²) in [6.07, 6.45) is 14.9. The Morgan fingerprint density at radius 1 is 1.09 bits per heavy atom. The fraction of sp³-hybridized carbons (Fsp3) is 0.857. The van der Waals surface area contributed by atoms with Crippen molar-refractivity contribution in [3.63, 3.8) is 0 Å². The van der Waals surface area contributed by atoms with Gasteiger partial charge in [0.05, 0.1) is 0 Å². The molecule has 1 nitrogen and oxygen atoms in total. The van der Waals surface area contributed by atoms with Crippen molar-refractivity contribution in [2.24, 2.45) is 40.4 Å². The molecule has 4 aliphatic carbocycles. The Kier molecular flexibility index (Phi) is 3.37. The van der Waals surface area contributed by atoms with Gasteiger partial charge >= 0.3 is 0 Å². The Balaban J connectivity index is 1.66. The van der Waals surface area contributed by atoms with Gasteiger partial charge in [-0.3, -0.25) is 4.79 Å². The van der Waals surface area contributed by atoms with E-state index in [1.165, 1.54) is 44.9 Å². The Morgan fingerprint density at radius 2 is 1.91 bits per heavy atom. The lowest BCUT2D eigenvalue weighted by Gasteiger charge is -2.59. The van der Waals surface area contributed by atoms with E-state index in [0.29, 0.717) is 22.5 Å². The van der Waals surface area contributed by atoms with Crippen molar-refractivity contribution in [3.05, 3.63) is 12.2 Å². The fourth-order valence-electron chi connectivity index (χ4n) is 7.41. The van der Waals surface area contributed by atoms with Gasteiger partial charge in [0.25, 0.3) is 0 Å². The highest BCUT2D eigenvalue weighted by Gasteiger charge is 2.58. The van der Waals surface area contributed by atoms with Crippen LogP contribution in [0.2, 0.25) is 0 Å². The molecule has 0 aliphatic heterocycles. The zero-order valence-electron chi connectivity index (χ0n) is 14.6. The molecule has 0 aromatic carbocycles. The minimum Gasteiger partial charge on any atom is -0.295 e. The quantitative estimate of drug-likeness (QED) is 0.633. The van der Waals surface area contributed by atoms with Crippen LogP contribution in [-0.4, -0.2) is 5.78 Å². The van der Waals surface area contributed by atoms with Gasteiger partial charge in [0.2, 0.25) is 0 Å². The lowest BCUT2D eigenvalue weighted by atomic mass is 9.46. The molecule has 4 aliphatic rings. The molecule has 0 heterocycles. The molecule has 0 unspecified atom stereocenters. The lowest BCUT2D eigenvalue weighted by Crippen LogP contribution is -2.52. The predicted molar refractivity (Wildman–Crippen MR) is 90.4 cm³/mol. The molecular weight excluding hydrogens is 268 g/mol. The topological polar surface area (TPSA) is 17.1 Å². The average molecular weight is 300 g/mol. The van der Waals surface area contributed by atoms with Gasteiger partial charge in [0.1, 0.15) is 0 Å². The van der Waals surface area contributed by atoms with E-state index in [-0.39, 0.29) is 0 Å². The maximum absolute atomic E-state index is 11.8. The largest absolute Gasteiger partial charge is 0.295 e. The minimum atomic E-state index is 0.308. The Hall–Kier alpha value is -0.590. The summed E-state index contributed by atoms with van der Waals surface area (Å²) in [5.41, 5.74) is 0.926. The van der Waals surface area contributed by atoms with Crippen LogP contribution in [0.4, 0.5) is 0 Å². The highest BCUT2D eigenvalue weighted by atomic mass is 16.1. The van der Waals surface area contributed by atoms with Crippen molar-refractivity contribution in [2.45, 2.75) is 72.1 Å². The van der Waals surface area contributed by atoms with Crippen LogP contribution in [0, 0.1) is 40.4 Å². The first kappa shape index (κ1) is 15.0. The molecule has 0 spiro atoms. The van der Waals surface area contributed by atoms with Gasteiger partial charge < -0.3 is 0 Å². The average Bonchev–Trinajstić information content (AvgIpc) is 2.84. The molecule has 3 saturated carbocycles. The van der Waals surface area contributed by atoms with Crippen LogP contribution in [-0.2, 0) is 4.79 Å². The monoisotopic (exact) mass is 300 g/mol. The van der Waals surface area contributed by atoms with Crippen LogP contribution in [0.15, 0.2) is 12.2 Å². The number of ketones is 1. The molecule has 1 heteroatoms. The minimum absolute atomic E-state index is 0.308. The molecule has 4 rings (SSSR count). The molecule has 0 bridgehead atoms. The van der Waals surface area contributed by atoms with Crippen LogP contribution in [0.25, 0.3) is 0 Å². The standard InChI is InChI=1S/C21H32O/c1-4-14-6-8-18-17-7-5-15-13-16(22)9-11-21(15,3)19(17)10-12-20(14,18)2/h9,11,14-15,17-19H,4-8,10,12-13H2,1-3H3/t14-,15-,17-,18-,19-,20+,21-/m0/s1. The van der Waals surface area contributed by atoms with Crippen molar-refractivity contribution in [1.82, 2.24) is 0 Å². The summed E-state index contributed by atoms with van der Waals surface area (Å²) in [5, 5.41) is 0. The molecule has 0 aromatic heterocycles. The van der Waals surface area contributed by atoms with Gasteiger partial charge in [-0.15, -0.1) is 0 Å². The number of hydrogen-bond acceptors (Lipinski definition) is 1. The zero-order valence-corrected chi connectivity index (χ0v) is 14.6. The highest BCUT2D eigenvalue weighted by Crippen LogP contribution is 2.66.